The van der Waals surface area contributed by atoms with Crippen molar-refractivity contribution in [2.24, 2.45) is 5.18 Å². The van der Waals surface area contributed by atoms with Crippen LogP contribution < -0.4 is 20.1 Å². The van der Waals surface area contributed by atoms with Crippen molar-refractivity contribution >= 4 is 61.7 Å². The van der Waals surface area contributed by atoms with E-state index in [-0.39, 0.29) is 40.1 Å². The van der Waals surface area contributed by atoms with Crippen molar-refractivity contribution in [2.45, 2.75) is 43.5 Å². The molecule has 16 nitrogen and oxygen atoms in total. The number of carbonyl (C=O) groups excluding carboxylic acids is 5. The van der Waals surface area contributed by atoms with Crippen LogP contribution in [0.15, 0.2) is 107 Å². The monoisotopic (exact) mass is 885 g/mol. The van der Waals surface area contributed by atoms with Gasteiger partial charge in [-0.05, 0) is 109 Å². The largest absolute Gasteiger partial charge is 0.494 e. The van der Waals surface area contributed by atoms with Gasteiger partial charge in [0.1, 0.15) is 11.8 Å². The highest BCUT2D eigenvalue weighted by Crippen LogP contribution is 2.35. The van der Waals surface area contributed by atoms with Gasteiger partial charge in [0, 0.05) is 56.6 Å². The molecule has 1 unspecified atom stereocenters. The Hall–Kier alpha value is -6.82. The Morgan fingerprint density at radius 3 is 2.23 bits per heavy atom. The predicted octanol–water partition coefficient (Wildman–Crippen LogP) is 5.81. The zero-order chi connectivity index (χ0) is 45.0. The zero-order valence-corrected chi connectivity index (χ0v) is 36.0. The van der Waals surface area contributed by atoms with Gasteiger partial charge in [0.15, 0.2) is 0 Å². The van der Waals surface area contributed by atoms with Crippen molar-refractivity contribution in [1.82, 2.24) is 20.0 Å². The molecule has 0 aromatic heterocycles. The van der Waals surface area contributed by atoms with Crippen molar-refractivity contribution in [1.29, 1.82) is 0 Å². The number of carbonyl (C=O) groups is 5. The van der Waals surface area contributed by atoms with Crippen LogP contribution in [-0.2, 0) is 19.6 Å². The van der Waals surface area contributed by atoms with Gasteiger partial charge in [-0.2, -0.15) is 0 Å². The van der Waals surface area contributed by atoms with E-state index in [1.165, 1.54) is 18.2 Å². The number of nitrogens with zero attached hydrogens (tertiary/aromatic N) is 4. The number of hydrogen-bond donors (Lipinski definition) is 3. The van der Waals surface area contributed by atoms with Gasteiger partial charge in [0.2, 0.25) is 11.8 Å². The summed E-state index contributed by atoms with van der Waals surface area (Å²) in [5, 5.41) is 10.1. The average molecular weight is 886 g/mol. The van der Waals surface area contributed by atoms with Crippen molar-refractivity contribution in [2.75, 3.05) is 62.5 Å². The molecule has 17 heteroatoms. The highest BCUT2D eigenvalue weighted by Gasteiger charge is 2.45. The number of piperazine rings is 1. The van der Waals surface area contributed by atoms with Crippen LogP contribution in [0.25, 0.3) is 21.9 Å². The number of fused-ring (bicyclic) bond motifs is 2. The van der Waals surface area contributed by atoms with Gasteiger partial charge < -0.3 is 19.9 Å². The summed E-state index contributed by atoms with van der Waals surface area (Å²) in [6, 6.07) is 26.4. The molecular formula is C47H47N7O9S. The number of piperidine rings is 1. The fourth-order valence-corrected chi connectivity index (χ4v) is 9.63. The smallest absolute Gasteiger partial charge is 0.318 e. The second kappa shape index (κ2) is 18.9. The van der Waals surface area contributed by atoms with Crippen molar-refractivity contribution in [3.05, 3.63) is 124 Å². The van der Waals surface area contributed by atoms with E-state index in [1.54, 1.807) is 42.5 Å². The number of nitroso groups, excluding NO2 is 1. The number of nitrogens with one attached hydrogen (secondary N) is 3. The lowest BCUT2D eigenvalue weighted by Gasteiger charge is -2.34. The summed E-state index contributed by atoms with van der Waals surface area (Å²) in [6.07, 6.45) is 1.74. The maximum Gasteiger partial charge on any atom is 0.318 e. The number of sulfonamides is 1. The van der Waals surface area contributed by atoms with Crippen molar-refractivity contribution < 1.29 is 37.1 Å². The first-order valence-electron chi connectivity index (χ1n) is 21.2. The first-order chi connectivity index (χ1) is 30.9. The van der Waals surface area contributed by atoms with E-state index in [4.69, 9.17) is 4.74 Å². The Balaban J connectivity index is 0.775. The second-order valence-electron chi connectivity index (χ2n) is 16.1. The molecular weight excluding hydrogens is 839 g/mol. The minimum atomic E-state index is -4.18. The van der Waals surface area contributed by atoms with Crippen LogP contribution in [0, 0.1) is 11.8 Å². The molecule has 3 N–H and O–H groups in total. The molecule has 5 amide bonds. The number of anilines is 2. The molecule has 5 aromatic rings. The summed E-state index contributed by atoms with van der Waals surface area (Å²) in [4.78, 5) is 80.0. The number of imide groups is 2. The number of ether oxygens (including phenoxy) is 1. The van der Waals surface area contributed by atoms with E-state index in [9.17, 15) is 37.3 Å². The van der Waals surface area contributed by atoms with E-state index >= 15 is 0 Å². The minimum absolute atomic E-state index is 0.0503. The lowest BCUT2D eigenvalue weighted by atomic mass is 9.94. The summed E-state index contributed by atoms with van der Waals surface area (Å²) in [5.74, 6) is -2.70. The van der Waals surface area contributed by atoms with Crippen LogP contribution >= 0.6 is 0 Å². The molecule has 64 heavy (non-hydrogen) atoms. The molecule has 0 spiro atoms. The van der Waals surface area contributed by atoms with Crippen LogP contribution in [-0.4, -0.2) is 111 Å². The summed E-state index contributed by atoms with van der Waals surface area (Å²) >= 11 is 0. The first kappa shape index (κ1) is 43.8. The van der Waals surface area contributed by atoms with Crippen molar-refractivity contribution in [3.63, 3.8) is 0 Å². The SMILES string of the molecule is Cc1ccc(-c2ccc(C(=O)N=O)c(NS(=O)(=O)c3ccc(OCCCN4CCN(CCCNc5cccc6c5C(=O)N(C5CCC(=O)NC5=O)C6=O)CC4)cc3)c2)c2ccccc12. The van der Waals surface area contributed by atoms with Gasteiger partial charge in [0.25, 0.3) is 21.8 Å². The normalized spacial score (nSPS) is 17.0. The van der Waals surface area contributed by atoms with Crippen LogP contribution in [0.4, 0.5) is 11.4 Å². The number of hydrogen-bond acceptors (Lipinski definition) is 12. The maximum atomic E-state index is 13.6. The van der Waals surface area contributed by atoms with Gasteiger partial charge in [-0.15, -0.1) is 4.91 Å². The molecule has 3 aliphatic rings. The average Bonchev–Trinajstić information content (AvgIpc) is 3.55. The van der Waals surface area contributed by atoms with Crippen LogP contribution in [0.1, 0.15) is 62.3 Å². The maximum absolute atomic E-state index is 13.6. The summed E-state index contributed by atoms with van der Waals surface area (Å²) in [6.45, 7) is 8.29. The molecule has 330 valence electrons. The highest BCUT2D eigenvalue weighted by molar-refractivity contribution is 7.92. The molecule has 0 radical (unpaired) electrons. The van der Waals surface area contributed by atoms with Gasteiger partial charge in [-0.3, -0.25) is 38.9 Å². The first-order valence-corrected chi connectivity index (χ1v) is 22.7. The van der Waals surface area contributed by atoms with E-state index in [1.807, 2.05) is 43.3 Å². The van der Waals surface area contributed by atoms with E-state index in [0.717, 1.165) is 78.9 Å². The molecule has 8 rings (SSSR count). The molecule has 2 saturated heterocycles. The third-order valence-electron chi connectivity index (χ3n) is 12.0. The molecule has 0 saturated carbocycles. The molecule has 0 bridgehead atoms. The lowest BCUT2D eigenvalue weighted by Crippen LogP contribution is -2.54. The fraction of sp³-hybridized carbons (Fsp3) is 0.298. The van der Waals surface area contributed by atoms with Gasteiger partial charge in [-0.1, -0.05) is 48.5 Å². The van der Waals surface area contributed by atoms with Crippen LogP contribution in [0.2, 0.25) is 0 Å². The molecule has 1 atom stereocenters. The van der Waals surface area contributed by atoms with Crippen LogP contribution in [0.3, 0.4) is 0 Å². The predicted molar refractivity (Wildman–Crippen MR) is 241 cm³/mol. The van der Waals surface area contributed by atoms with Gasteiger partial charge in [-0.25, -0.2) is 8.42 Å². The molecule has 5 aromatic carbocycles. The van der Waals surface area contributed by atoms with Gasteiger partial charge in [0.05, 0.1) is 33.9 Å². The van der Waals surface area contributed by atoms with E-state index < -0.39 is 45.6 Å². The third-order valence-corrected chi connectivity index (χ3v) is 13.3. The molecule has 0 aliphatic carbocycles. The fourth-order valence-electron chi connectivity index (χ4n) is 8.55. The number of rotatable bonds is 16. The van der Waals surface area contributed by atoms with Gasteiger partial charge >= 0.3 is 5.91 Å². The van der Waals surface area contributed by atoms with E-state index in [0.29, 0.717) is 30.2 Å². The Labute approximate surface area is 370 Å². The standard InChI is InChI=1S/C47H47N7O9S/c1-30-11-17-35(36-8-3-2-7-34(30)36)31-12-18-37(44(56)50-60)40(29-31)51-64(61,62)33-15-13-32(14-16-33)63-28-6-23-53-26-24-52(25-27-53)22-5-21-48-39-10-4-9-38-43(39)47(59)54(46(38)58)41-19-20-42(55)49-45(41)57/h2-4,7-18,29,41,48,51H,5-6,19-28H2,1H3,(H,49,55,57). The van der Waals surface area contributed by atoms with Crippen molar-refractivity contribution in [3.8, 4) is 16.9 Å². The number of benzene rings is 5. The number of amides is 5. The molecule has 2 fully saturated rings. The van der Waals surface area contributed by atoms with E-state index in [2.05, 4.69) is 30.3 Å². The molecule has 3 heterocycles. The summed E-state index contributed by atoms with van der Waals surface area (Å²) in [5.41, 5.74) is 3.39. The topological polar surface area (TPSA) is 204 Å². The Morgan fingerprint density at radius 1 is 0.797 bits per heavy atom. The Morgan fingerprint density at radius 2 is 1.52 bits per heavy atom. The zero-order valence-electron chi connectivity index (χ0n) is 35.2. The quantitative estimate of drug-likeness (QED) is 0.0610. The lowest BCUT2D eigenvalue weighted by molar-refractivity contribution is -0.136. The minimum Gasteiger partial charge on any atom is -0.494 e. The number of aryl methyl sites for hydroxylation is 1. The van der Waals surface area contributed by atoms with Crippen LogP contribution in [0.5, 0.6) is 5.75 Å². The third kappa shape index (κ3) is 9.27. The highest BCUT2D eigenvalue weighted by atomic mass is 32.2. The second-order valence-corrected chi connectivity index (χ2v) is 17.7. The Kier molecular flexibility index (Phi) is 12.9. The molecule has 3 aliphatic heterocycles. The summed E-state index contributed by atoms with van der Waals surface area (Å²) in [7, 11) is -4.18. The Bertz CT molecular complexity index is 2770. The summed E-state index contributed by atoms with van der Waals surface area (Å²) < 4.78 is 35.6.